The SMILES string of the molecule is CCCCC/C=C\C/C=C\CCCCCCCCCC(=O)NC(CS(=O)(=O)O)C(O)/C=C/CC/C=C/CCCCCCCCCC. The number of aliphatic hydroxyl groups excluding tert-OH is 1. The number of hydrogen-bond acceptors (Lipinski definition) is 4. The van der Waals surface area contributed by atoms with Gasteiger partial charge in [0.05, 0.1) is 17.9 Å². The van der Waals surface area contributed by atoms with Crippen LogP contribution in [0, 0.1) is 0 Å². The van der Waals surface area contributed by atoms with Gasteiger partial charge in [-0.1, -0.05) is 152 Å². The van der Waals surface area contributed by atoms with Crippen LogP contribution in [0.1, 0.15) is 174 Å². The Morgan fingerprint density at radius 1 is 0.587 bits per heavy atom. The molecule has 0 aliphatic carbocycles. The number of allylic oxidation sites excluding steroid dienone is 7. The molecule has 46 heavy (non-hydrogen) atoms. The summed E-state index contributed by atoms with van der Waals surface area (Å²) in [6.45, 7) is 4.47. The van der Waals surface area contributed by atoms with Gasteiger partial charge in [0.1, 0.15) is 0 Å². The zero-order valence-corrected chi connectivity index (χ0v) is 30.5. The Morgan fingerprint density at radius 3 is 1.54 bits per heavy atom. The Labute approximate surface area is 284 Å². The summed E-state index contributed by atoms with van der Waals surface area (Å²) >= 11 is 0. The van der Waals surface area contributed by atoms with Crippen LogP contribution in [0.5, 0.6) is 0 Å². The molecule has 7 heteroatoms. The maximum atomic E-state index is 12.5. The summed E-state index contributed by atoms with van der Waals surface area (Å²) in [5.41, 5.74) is 0. The molecule has 0 aliphatic heterocycles. The molecular weight excluding hydrogens is 594 g/mol. The summed E-state index contributed by atoms with van der Waals surface area (Å²) in [6, 6.07) is -1.08. The molecule has 0 spiro atoms. The summed E-state index contributed by atoms with van der Waals surface area (Å²) < 4.78 is 32.4. The van der Waals surface area contributed by atoms with Crippen LogP contribution in [-0.4, -0.2) is 41.9 Å². The molecule has 1 amide bonds. The monoisotopic (exact) mass is 666 g/mol. The molecule has 0 aromatic rings. The highest BCUT2D eigenvalue weighted by atomic mass is 32.2. The van der Waals surface area contributed by atoms with E-state index in [-0.39, 0.29) is 12.3 Å². The van der Waals surface area contributed by atoms with Gasteiger partial charge in [-0.25, -0.2) is 0 Å². The average molecular weight is 666 g/mol. The van der Waals surface area contributed by atoms with Crippen molar-refractivity contribution in [3.8, 4) is 0 Å². The minimum Gasteiger partial charge on any atom is -0.387 e. The quantitative estimate of drug-likeness (QED) is 0.0368. The van der Waals surface area contributed by atoms with Crippen LogP contribution in [0.15, 0.2) is 48.6 Å². The minimum atomic E-state index is -4.35. The van der Waals surface area contributed by atoms with E-state index < -0.39 is 28.0 Å². The van der Waals surface area contributed by atoms with Gasteiger partial charge in [-0.2, -0.15) is 8.42 Å². The third-order valence-electron chi connectivity index (χ3n) is 8.23. The van der Waals surface area contributed by atoms with Crippen LogP contribution < -0.4 is 5.32 Å². The van der Waals surface area contributed by atoms with Gasteiger partial charge < -0.3 is 10.4 Å². The van der Waals surface area contributed by atoms with Crippen LogP contribution in [0.2, 0.25) is 0 Å². The van der Waals surface area contributed by atoms with Crippen LogP contribution in [0.3, 0.4) is 0 Å². The summed E-state index contributed by atoms with van der Waals surface area (Å²) in [4.78, 5) is 12.5. The maximum absolute atomic E-state index is 12.5. The summed E-state index contributed by atoms with van der Waals surface area (Å²) in [5, 5.41) is 13.2. The van der Waals surface area contributed by atoms with Crippen molar-refractivity contribution in [3.05, 3.63) is 48.6 Å². The van der Waals surface area contributed by atoms with E-state index in [9.17, 15) is 22.9 Å². The topological polar surface area (TPSA) is 104 Å². The first-order chi connectivity index (χ1) is 22.3. The molecule has 268 valence electrons. The molecule has 2 unspecified atom stereocenters. The van der Waals surface area contributed by atoms with Crippen LogP contribution in [0.25, 0.3) is 0 Å². The number of unbranched alkanes of at least 4 members (excludes halogenated alkanes) is 19. The molecule has 0 rings (SSSR count). The zero-order valence-electron chi connectivity index (χ0n) is 29.7. The van der Waals surface area contributed by atoms with Gasteiger partial charge in [0.25, 0.3) is 10.1 Å². The van der Waals surface area contributed by atoms with E-state index >= 15 is 0 Å². The van der Waals surface area contributed by atoms with Crippen molar-refractivity contribution >= 4 is 16.0 Å². The average Bonchev–Trinajstić information content (AvgIpc) is 3.01. The molecule has 0 bridgehead atoms. The number of nitrogens with one attached hydrogen (secondary N) is 1. The van der Waals surface area contributed by atoms with E-state index in [1.165, 1.54) is 102 Å². The fourth-order valence-electron chi connectivity index (χ4n) is 5.38. The van der Waals surface area contributed by atoms with Gasteiger partial charge in [0.15, 0.2) is 0 Å². The molecule has 0 fully saturated rings. The van der Waals surface area contributed by atoms with Crippen molar-refractivity contribution in [2.75, 3.05) is 5.75 Å². The van der Waals surface area contributed by atoms with E-state index in [1.807, 2.05) is 0 Å². The van der Waals surface area contributed by atoms with E-state index in [1.54, 1.807) is 6.08 Å². The fourth-order valence-corrected chi connectivity index (χ4v) is 6.11. The second kappa shape index (κ2) is 33.2. The van der Waals surface area contributed by atoms with E-state index in [0.717, 1.165) is 51.4 Å². The number of carbonyl (C=O) groups is 1. The van der Waals surface area contributed by atoms with Gasteiger partial charge in [-0.3, -0.25) is 9.35 Å². The Hall–Kier alpha value is -1.70. The van der Waals surface area contributed by atoms with Gasteiger partial charge in [0, 0.05) is 6.42 Å². The third-order valence-corrected chi connectivity index (χ3v) is 9.01. The smallest absolute Gasteiger partial charge is 0.267 e. The molecule has 0 saturated carbocycles. The van der Waals surface area contributed by atoms with E-state index in [2.05, 4.69) is 55.6 Å². The van der Waals surface area contributed by atoms with Gasteiger partial charge >= 0.3 is 0 Å². The lowest BCUT2D eigenvalue weighted by Gasteiger charge is -2.21. The Kier molecular flexibility index (Phi) is 32.0. The summed E-state index contributed by atoms with van der Waals surface area (Å²) in [5.74, 6) is -1.01. The summed E-state index contributed by atoms with van der Waals surface area (Å²) in [7, 11) is -4.35. The number of aliphatic hydroxyl groups is 1. The molecule has 3 N–H and O–H groups in total. The standard InChI is InChI=1S/C39H71NO5S/c1-3-5-7-9-11-13-15-17-19-20-21-23-25-27-29-31-33-35-39(42)40-37(36-46(43,44)45)38(41)34-32-30-28-26-24-22-18-16-14-12-10-8-6-4-2/h11,13,17,19,24,26,32,34,37-38,41H,3-10,12,14-16,18,20-23,25,27-31,33,35-36H2,1-2H3,(H,40,42)(H,43,44,45)/b13-11-,19-17-,26-24+,34-32+. The maximum Gasteiger partial charge on any atom is 0.267 e. The van der Waals surface area contributed by atoms with Gasteiger partial charge in [0.2, 0.25) is 5.91 Å². The Bertz CT molecular complexity index is 909. The first-order valence-corrected chi connectivity index (χ1v) is 20.4. The number of carbonyl (C=O) groups excluding carboxylic acids is 1. The highest BCUT2D eigenvalue weighted by molar-refractivity contribution is 7.85. The molecule has 0 aromatic heterocycles. The molecule has 2 atom stereocenters. The fraction of sp³-hybridized carbons (Fsp3) is 0.769. The van der Waals surface area contributed by atoms with E-state index in [4.69, 9.17) is 0 Å². The van der Waals surface area contributed by atoms with Crippen LogP contribution in [0.4, 0.5) is 0 Å². The highest BCUT2D eigenvalue weighted by Gasteiger charge is 2.24. The highest BCUT2D eigenvalue weighted by Crippen LogP contribution is 2.12. The van der Waals surface area contributed by atoms with Crippen LogP contribution in [-0.2, 0) is 14.9 Å². The molecular formula is C39H71NO5S. The lowest BCUT2D eigenvalue weighted by atomic mass is 10.1. The van der Waals surface area contributed by atoms with Gasteiger partial charge in [-0.05, 0) is 64.2 Å². The lowest BCUT2D eigenvalue weighted by molar-refractivity contribution is -0.122. The number of rotatable bonds is 33. The predicted octanol–water partition coefficient (Wildman–Crippen LogP) is 10.7. The Balaban J connectivity index is 4.04. The number of hydrogen-bond donors (Lipinski definition) is 3. The largest absolute Gasteiger partial charge is 0.387 e. The van der Waals surface area contributed by atoms with Crippen molar-refractivity contribution < 1.29 is 22.9 Å². The van der Waals surface area contributed by atoms with Gasteiger partial charge in [-0.15, -0.1) is 0 Å². The molecule has 0 radical (unpaired) electrons. The van der Waals surface area contributed by atoms with Crippen molar-refractivity contribution in [1.29, 1.82) is 0 Å². The molecule has 0 aliphatic rings. The second-order valence-electron chi connectivity index (χ2n) is 12.8. The number of amides is 1. The van der Waals surface area contributed by atoms with Crippen molar-refractivity contribution in [2.45, 2.75) is 187 Å². The predicted molar refractivity (Wildman–Crippen MR) is 198 cm³/mol. The van der Waals surface area contributed by atoms with Crippen molar-refractivity contribution in [2.24, 2.45) is 0 Å². The first-order valence-electron chi connectivity index (χ1n) is 18.8. The molecule has 6 nitrogen and oxygen atoms in total. The summed E-state index contributed by atoms with van der Waals surface area (Å²) in [6.07, 6.45) is 43.7. The van der Waals surface area contributed by atoms with Crippen molar-refractivity contribution in [1.82, 2.24) is 5.32 Å². The first kappa shape index (κ1) is 44.3. The normalized spacial score (nSPS) is 13.9. The van der Waals surface area contributed by atoms with E-state index in [0.29, 0.717) is 6.42 Å². The third kappa shape index (κ3) is 33.7. The molecule has 0 saturated heterocycles. The lowest BCUT2D eigenvalue weighted by Crippen LogP contribution is -2.46. The van der Waals surface area contributed by atoms with Crippen LogP contribution >= 0.6 is 0 Å². The second-order valence-corrected chi connectivity index (χ2v) is 14.3. The minimum absolute atomic E-state index is 0.278. The zero-order chi connectivity index (χ0) is 34.0. The molecule has 0 heterocycles. The Morgan fingerprint density at radius 2 is 1.00 bits per heavy atom. The van der Waals surface area contributed by atoms with Crippen molar-refractivity contribution in [3.63, 3.8) is 0 Å². The molecule has 0 aromatic carbocycles.